The van der Waals surface area contributed by atoms with Crippen LogP contribution in [-0.4, -0.2) is 35.4 Å². The van der Waals surface area contributed by atoms with Gasteiger partial charge in [0.05, 0.1) is 5.69 Å². The van der Waals surface area contributed by atoms with Crippen LogP contribution in [0.25, 0.3) is 0 Å². The SMILES string of the molecule is CNc1snc(C)c1C(=O)O[C@@H](C)C(=O)NC1CCCCC1. The summed E-state index contributed by atoms with van der Waals surface area (Å²) in [4.78, 5) is 24.4. The Morgan fingerprint density at radius 3 is 2.64 bits per heavy atom. The molecule has 1 aliphatic rings. The Labute approximate surface area is 134 Å². The summed E-state index contributed by atoms with van der Waals surface area (Å²) in [5.74, 6) is -0.742. The van der Waals surface area contributed by atoms with E-state index >= 15 is 0 Å². The van der Waals surface area contributed by atoms with Gasteiger partial charge in [-0.05, 0) is 38.2 Å². The fraction of sp³-hybridized carbons (Fsp3) is 0.667. The summed E-state index contributed by atoms with van der Waals surface area (Å²) in [5.41, 5.74) is 1.02. The summed E-state index contributed by atoms with van der Waals surface area (Å²) in [5, 5.41) is 6.54. The van der Waals surface area contributed by atoms with E-state index in [4.69, 9.17) is 4.74 Å². The first kappa shape index (κ1) is 16.7. The third kappa shape index (κ3) is 3.97. The van der Waals surface area contributed by atoms with Gasteiger partial charge < -0.3 is 15.4 Å². The Bertz CT molecular complexity index is 538. The number of aryl methyl sites for hydroxylation is 1. The molecule has 0 unspecified atom stereocenters. The van der Waals surface area contributed by atoms with Crippen LogP contribution in [0.4, 0.5) is 5.00 Å². The topological polar surface area (TPSA) is 80.3 Å². The fourth-order valence-corrected chi connectivity index (χ4v) is 3.35. The minimum atomic E-state index is -0.807. The van der Waals surface area contributed by atoms with E-state index < -0.39 is 12.1 Å². The molecule has 1 atom stereocenters. The number of nitrogens with one attached hydrogen (secondary N) is 2. The van der Waals surface area contributed by atoms with Crippen LogP contribution in [0.3, 0.4) is 0 Å². The molecule has 2 rings (SSSR count). The maximum absolute atomic E-state index is 12.2. The number of hydrogen-bond acceptors (Lipinski definition) is 6. The zero-order valence-electron chi connectivity index (χ0n) is 13.3. The Balaban J connectivity index is 1.92. The molecule has 1 aromatic heterocycles. The molecule has 1 aromatic rings. The molecule has 0 bridgehead atoms. The lowest BCUT2D eigenvalue weighted by molar-refractivity contribution is -0.130. The highest BCUT2D eigenvalue weighted by atomic mass is 32.1. The van der Waals surface area contributed by atoms with Crippen LogP contribution in [0, 0.1) is 6.92 Å². The first-order chi connectivity index (χ1) is 10.5. The Morgan fingerprint density at radius 1 is 1.32 bits per heavy atom. The van der Waals surface area contributed by atoms with E-state index in [0.717, 1.165) is 25.7 Å². The lowest BCUT2D eigenvalue weighted by Crippen LogP contribution is -2.42. The molecule has 1 fully saturated rings. The maximum atomic E-state index is 12.2. The van der Waals surface area contributed by atoms with Gasteiger partial charge in [0, 0.05) is 13.1 Å². The number of amides is 1. The summed E-state index contributed by atoms with van der Waals surface area (Å²) in [6, 6.07) is 0.208. The molecule has 0 aliphatic heterocycles. The first-order valence-corrected chi connectivity index (χ1v) is 8.45. The molecule has 1 aliphatic carbocycles. The van der Waals surface area contributed by atoms with Crippen molar-refractivity contribution in [2.45, 2.75) is 58.1 Å². The summed E-state index contributed by atoms with van der Waals surface area (Å²) in [6.45, 7) is 3.35. The molecule has 0 aromatic carbocycles. The third-order valence-electron chi connectivity index (χ3n) is 3.90. The predicted octanol–water partition coefficient (Wildman–Crippen LogP) is 2.49. The molecule has 2 N–H and O–H groups in total. The average molecular weight is 325 g/mol. The maximum Gasteiger partial charge on any atom is 0.343 e. The van der Waals surface area contributed by atoms with Gasteiger partial charge in [0.15, 0.2) is 6.10 Å². The highest BCUT2D eigenvalue weighted by Gasteiger charge is 2.25. The molecule has 7 heteroatoms. The number of esters is 1. The molecular formula is C15H23N3O3S. The lowest BCUT2D eigenvalue weighted by atomic mass is 9.95. The predicted molar refractivity (Wildman–Crippen MR) is 86.3 cm³/mol. The Morgan fingerprint density at radius 2 is 2.00 bits per heavy atom. The van der Waals surface area contributed by atoms with E-state index in [1.54, 1.807) is 20.9 Å². The highest BCUT2D eigenvalue weighted by Crippen LogP contribution is 2.25. The van der Waals surface area contributed by atoms with Crippen LogP contribution in [0.2, 0.25) is 0 Å². The second kappa shape index (κ2) is 7.58. The summed E-state index contributed by atoms with van der Waals surface area (Å²) < 4.78 is 9.43. The molecule has 1 saturated carbocycles. The average Bonchev–Trinajstić information content (AvgIpc) is 2.89. The second-order valence-corrected chi connectivity index (χ2v) is 6.39. The summed E-state index contributed by atoms with van der Waals surface area (Å²) >= 11 is 1.21. The number of aromatic nitrogens is 1. The van der Waals surface area contributed by atoms with Crippen LogP contribution >= 0.6 is 11.5 Å². The largest absolute Gasteiger partial charge is 0.449 e. The van der Waals surface area contributed by atoms with Gasteiger partial charge in [-0.2, -0.15) is 4.37 Å². The van der Waals surface area contributed by atoms with Gasteiger partial charge >= 0.3 is 5.97 Å². The van der Waals surface area contributed by atoms with E-state index in [0.29, 0.717) is 16.3 Å². The van der Waals surface area contributed by atoms with Crippen LogP contribution in [-0.2, 0) is 9.53 Å². The van der Waals surface area contributed by atoms with Gasteiger partial charge in [-0.15, -0.1) is 0 Å². The summed E-state index contributed by atoms with van der Waals surface area (Å²) in [6.07, 6.45) is 4.72. The van der Waals surface area contributed by atoms with Crippen LogP contribution < -0.4 is 10.6 Å². The second-order valence-electron chi connectivity index (χ2n) is 5.61. The van der Waals surface area contributed by atoms with Crippen molar-refractivity contribution in [1.29, 1.82) is 0 Å². The zero-order chi connectivity index (χ0) is 16.1. The van der Waals surface area contributed by atoms with Crippen LogP contribution in [0.5, 0.6) is 0 Å². The number of rotatable bonds is 5. The van der Waals surface area contributed by atoms with Gasteiger partial charge in [-0.1, -0.05) is 19.3 Å². The van der Waals surface area contributed by atoms with Crippen molar-refractivity contribution in [3.05, 3.63) is 11.3 Å². The van der Waals surface area contributed by atoms with Crippen molar-refractivity contribution in [3.8, 4) is 0 Å². The van der Waals surface area contributed by atoms with Crippen LogP contribution in [0.15, 0.2) is 0 Å². The number of carbonyl (C=O) groups is 2. The lowest BCUT2D eigenvalue weighted by Gasteiger charge is -2.24. The van der Waals surface area contributed by atoms with Crippen molar-refractivity contribution in [2.75, 3.05) is 12.4 Å². The monoisotopic (exact) mass is 325 g/mol. The van der Waals surface area contributed by atoms with Gasteiger partial charge in [0.2, 0.25) is 0 Å². The number of nitrogens with zero attached hydrogens (tertiary/aromatic N) is 1. The fourth-order valence-electron chi connectivity index (χ4n) is 2.62. The molecule has 0 radical (unpaired) electrons. The van der Waals surface area contributed by atoms with Gasteiger partial charge in [0.25, 0.3) is 5.91 Å². The Kier molecular flexibility index (Phi) is 5.76. The van der Waals surface area contributed by atoms with E-state index in [1.807, 2.05) is 0 Å². The highest BCUT2D eigenvalue weighted by molar-refractivity contribution is 7.10. The van der Waals surface area contributed by atoms with Crippen molar-refractivity contribution in [2.24, 2.45) is 0 Å². The van der Waals surface area contributed by atoms with E-state index in [9.17, 15) is 9.59 Å². The molecule has 0 saturated heterocycles. The molecule has 1 amide bonds. The van der Waals surface area contributed by atoms with Crippen molar-refractivity contribution >= 4 is 28.4 Å². The molecule has 1 heterocycles. The number of hydrogen-bond donors (Lipinski definition) is 2. The minimum absolute atomic E-state index is 0.208. The zero-order valence-corrected chi connectivity index (χ0v) is 14.1. The molecule has 0 spiro atoms. The summed E-state index contributed by atoms with van der Waals surface area (Å²) in [7, 11) is 1.73. The quantitative estimate of drug-likeness (QED) is 0.813. The number of carbonyl (C=O) groups excluding carboxylic acids is 2. The van der Waals surface area contributed by atoms with Gasteiger partial charge in [-0.25, -0.2) is 4.79 Å². The molecule has 122 valence electrons. The van der Waals surface area contributed by atoms with Gasteiger partial charge in [0.1, 0.15) is 10.6 Å². The first-order valence-electron chi connectivity index (χ1n) is 7.68. The van der Waals surface area contributed by atoms with E-state index in [2.05, 4.69) is 15.0 Å². The third-order valence-corrected chi connectivity index (χ3v) is 4.85. The molecular weight excluding hydrogens is 302 g/mol. The van der Waals surface area contributed by atoms with Crippen LogP contribution in [0.1, 0.15) is 55.1 Å². The van der Waals surface area contributed by atoms with Crippen molar-refractivity contribution in [3.63, 3.8) is 0 Å². The smallest absolute Gasteiger partial charge is 0.343 e. The molecule has 6 nitrogen and oxygen atoms in total. The normalized spacial score (nSPS) is 16.9. The number of anilines is 1. The standard InChI is InChI=1S/C15H23N3O3S/c1-9-12(14(16-3)22-18-9)15(20)21-10(2)13(19)17-11-7-5-4-6-8-11/h10-11,16H,4-8H2,1-3H3,(H,17,19)/t10-/m0/s1. The number of ether oxygens (including phenoxy) is 1. The van der Waals surface area contributed by atoms with Crippen molar-refractivity contribution < 1.29 is 14.3 Å². The van der Waals surface area contributed by atoms with Gasteiger partial charge in [-0.3, -0.25) is 4.79 Å². The van der Waals surface area contributed by atoms with E-state index in [1.165, 1.54) is 18.0 Å². The van der Waals surface area contributed by atoms with E-state index in [-0.39, 0.29) is 11.9 Å². The molecule has 22 heavy (non-hydrogen) atoms. The minimum Gasteiger partial charge on any atom is -0.449 e. The van der Waals surface area contributed by atoms with Crippen molar-refractivity contribution in [1.82, 2.24) is 9.69 Å². The Hall–Kier alpha value is -1.63.